The summed E-state index contributed by atoms with van der Waals surface area (Å²) in [5, 5.41) is 3.41. The summed E-state index contributed by atoms with van der Waals surface area (Å²) in [6.45, 7) is 3.80. The van der Waals surface area contributed by atoms with Crippen LogP contribution in [0, 0.1) is 0 Å². The summed E-state index contributed by atoms with van der Waals surface area (Å²) in [4.78, 5) is 28.3. The minimum atomic E-state index is -0.361. The quantitative estimate of drug-likeness (QED) is 0.471. The van der Waals surface area contributed by atoms with Crippen molar-refractivity contribution in [2.45, 2.75) is 76.7 Å². The van der Waals surface area contributed by atoms with Crippen LogP contribution in [0.1, 0.15) is 64.0 Å². The molecule has 8 nitrogen and oxygen atoms in total. The number of anilines is 1. The van der Waals surface area contributed by atoms with Gasteiger partial charge in [0.05, 0.1) is 18.1 Å². The van der Waals surface area contributed by atoms with E-state index in [1.54, 1.807) is 18.5 Å². The molecule has 1 unspecified atom stereocenters. The molecule has 166 valence electrons. The first kappa shape index (κ1) is 22.7. The van der Waals surface area contributed by atoms with E-state index in [0.29, 0.717) is 18.3 Å². The lowest BCUT2D eigenvalue weighted by molar-refractivity contribution is -0.198. The van der Waals surface area contributed by atoms with Gasteiger partial charge in [0.1, 0.15) is 5.82 Å². The molecule has 8 heteroatoms. The second-order valence-corrected chi connectivity index (χ2v) is 8.32. The lowest BCUT2D eigenvalue weighted by Crippen LogP contribution is -2.40. The SMILES string of the molecule is C[C@H](CN(C)C1CCCCC1)Nc1cnc(/C=C/C(=O)NOC2CCCCO2)cn1. The van der Waals surface area contributed by atoms with Gasteiger partial charge >= 0.3 is 0 Å². The molecule has 1 saturated carbocycles. The Bertz CT molecular complexity index is 670. The van der Waals surface area contributed by atoms with Crippen molar-refractivity contribution < 1.29 is 14.4 Å². The summed E-state index contributed by atoms with van der Waals surface area (Å²) < 4.78 is 5.40. The molecule has 1 aliphatic heterocycles. The zero-order valence-electron chi connectivity index (χ0n) is 18.2. The number of likely N-dealkylation sites (N-methyl/N-ethyl adjacent to an activating group) is 1. The maximum atomic E-state index is 11.9. The van der Waals surface area contributed by atoms with Crippen LogP contribution < -0.4 is 10.8 Å². The van der Waals surface area contributed by atoms with Crippen molar-refractivity contribution in [3.63, 3.8) is 0 Å². The van der Waals surface area contributed by atoms with Gasteiger partial charge < -0.3 is 15.0 Å². The van der Waals surface area contributed by atoms with Crippen molar-refractivity contribution >= 4 is 17.8 Å². The molecular weight excluding hydrogens is 382 g/mol. The topological polar surface area (TPSA) is 88.6 Å². The Morgan fingerprint density at radius 1 is 1.23 bits per heavy atom. The van der Waals surface area contributed by atoms with Crippen molar-refractivity contribution in [2.75, 3.05) is 25.5 Å². The number of carbonyl (C=O) groups is 1. The van der Waals surface area contributed by atoms with E-state index < -0.39 is 0 Å². The fourth-order valence-electron chi connectivity index (χ4n) is 4.02. The van der Waals surface area contributed by atoms with Gasteiger partial charge in [-0.25, -0.2) is 15.3 Å². The summed E-state index contributed by atoms with van der Waals surface area (Å²) in [6.07, 6.45) is 15.5. The number of aromatic nitrogens is 2. The summed E-state index contributed by atoms with van der Waals surface area (Å²) in [6, 6.07) is 0.971. The molecule has 30 heavy (non-hydrogen) atoms. The normalized spacial score (nSPS) is 21.6. The summed E-state index contributed by atoms with van der Waals surface area (Å²) >= 11 is 0. The minimum absolute atomic E-state index is 0.276. The Labute approximate surface area is 179 Å². The first-order valence-corrected chi connectivity index (χ1v) is 11.1. The van der Waals surface area contributed by atoms with E-state index in [1.165, 1.54) is 38.2 Å². The van der Waals surface area contributed by atoms with Crippen LogP contribution >= 0.6 is 0 Å². The smallest absolute Gasteiger partial charge is 0.267 e. The molecule has 2 aliphatic rings. The number of hydroxylamine groups is 1. The van der Waals surface area contributed by atoms with Crippen LogP contribution in [0.2, 0.25) is 0 Å². The molecule has 1 aromatic rings. The third-order valence-corrected chi connectivity index (χ3v) is 5.66. The number of hydrogen-bond donors (Lipinski definition) is 2. The lowest BCUT2D eigenvalue weighted by atomic mass is 9.94. The Hall–Kier alpha value is -2.03. The fourth-order valence-corrected chi connectivity index (χ4v) is 4.02. The molecule has 0 aromatic carbocycles. The van der Waals surface area contributed by atoms with Gasteiger partial charge in [0.15, 0.2) is 6.29 Å². The molecular formula is C22H35N5O3. The van der Waals surface area contributed by atoms with Gasteiger partial charge in [-0.05, 0) is 45.7 Å². The van der Waals surface area contributed by atoms with Crippen molar-refractivity contribution in [2.24, 2.45) is 0 Å². The highest BCUT2D eigenvalue weighted by Gasteiger charge is 2.19. The average Bonchev–Trinajstić information content (AvgIpc) is 2.78. The van der Waals surface area contributed by atoms with Crippen LogP contribution in [-0.2, 0) is 14.4 Å². The molecule has 1 aliphatic carbocycles. The van der Waals surface area contributed by atoms with Crippen LogP contribution in [0.4, 0.5) is 5.82 Å². The lowest BCUT2D eigenvalue weighted by Gasteiger charge is -2.33. The zero-order valence-corrected chi connectivity index (χ0v) is 18.2. The van der Waals surface area contributed by atoms with E-state index in [2.05, 4.69) is 39.6 Å². The zero-order chi connectivity index (χ0) is 21.2. The van der Waals surface area contributed by atoms with E-state index in [-0.39, 0.29) is 18.2 Å². The molecule has 2 heterocycles. The van der Waals surface area contributed by atoms with Gasteiger partial charge in [0.2, 0.25) is 0 Å². The van der Waals surface area contributed by atoms with Crippen molar-refractivity contribution in [1.82, 2.24) is 20.3 Å². The Balaban J connectivity index is 1.39. The van der Waals surface area contributed by atoms with Crippen LogP contribution in [0.5, 0.6) is 0 Å². The monoisotopic (exact) mass is 417 g/mol. The van der Waals surface area contributed by atoms with Crippen LogP contribution in [-0.4, -0.2) is 59.3 Å². The van der Waals surface area contributed by atoms with E-state index >= 15 is 0 Å². The van der Waals surface area contributed by atoms with Crippen LogP contribution in [0.25, 0.3) is 6.08 Å². The third kappa shape index (κ3) is 7.66. The average molecular weight is 418 g/mol. The highest BCUT2D eigenvalue weighted by atomic mass is 16.8. The van der Waals surface area contributed by atoms with Crippen molar-refractivity contribution in [3.05, 3.63) is 24.2 Å². The number of nitrogens with one attached hydrogen (secondary N) is 2. The van der Waals surface area contributed by atoms with Gasteiger partial charge in [-0.3, -0.25) is 9.78 Å². The summed E-state index contributed by atoms with van der Waals surface area (Å²) in [5.41, 5.74) is 3.00. The van der Waals surface area contributed by atoms with Crippen LogP contribution in [0.15, 0.2) is 18.5 Å². The highest BCUT2D eigenvalue weighted by molar-refractivity contribution is 5.90. The number of amides is 1. The van der Waals surface area contributed by atoms with Gasteiger partial charge in [-0.2, -0.15) is 0 Å². The molecule has 0 radical (unpaired) electrons. The highest BCUT2D eigenvalue weighted by Crippen LogP contribution is 2.21. The van der Waals surface area contributed by atoms with Crippen molar-refractivity contribution in [3.8, 4) is 0 Å². The molecule has 1 aromatic heterocycles. The van der Waals surface area contributed by atoms with Gasteiger partial charge in [-0.1, -0.05) is 19.3 Å². The molecule has 2 fully saturated rings. The Kier molecular flexibility index (Phi) is 9.04. The summed E-state index contributed by atoms with van der Waals surface area (Å²) in [5.74, 6) is 0.381. The van der Waals surface area contributed by atoms with E-state index in [1.807, 2.05) is 0 Å². The molecule has 0 spiro atoms. The maximum absolute atomic E-state index is 11.9. The first-order chi connectivity index (χ1) is 14.6. The standard InChI is InChI=1S/C22H35N5O3/c1-17(16-27(2)19-8-4-3-5-9-19)25-20-15-23-18(14-24-20)11-12-21(28)26-30-22-10-6-7-13-29-22/h11-12,14-15,17,19,22H,3-10,13,16H2,1-2H3,(H,24,25)(H,26,28)/b12-11+/t17-,22?/m1/s1. The first-order valence-electron chi connectivity index (χ1n) is 11.1. The summed E-state index contributed by atoms with van der Waals surface area (Å²) in [7, 11) is 2.21. The molecule has 2 atom stereocenters. The Morgan fingerprint density at radius 2 is 2.03 bits per heavy atom. The number of nitrogens with zero attached hydrogens (tertiary/aromatic N) is 3. The molecule has 1 amide bonds. The van der Waals surface area contributed by atoms with Gasteiger partial charge in [-0.15, -0.1) is 0 Å². The van der Waals surface area contributed by atoms with Gasteiger partial charge in [0, 0.05) is 37.7 Å². The van der Waals surface area contributed by atoms with E-state index in [4.69, 9.17) is 9.57 Å². The second-order valence-electron chi connectivity index (χ2n) is 8.32. The molecule has 0 bridgehead atoms. The van der Waals surface area contributed by atoms with E-state index in [0.717, 1.165) is 31.6 Å². The molecule has 1 saturated heterocycles. The van der Waals surface area contributed by atoms with Gasteiger partial charge in [0.25, 0.3) is 5.91 Å². The predicted molar refractivity (Wildman–Crippen MR) is 116 cm³/mol. The van der Waals surface area contributed by atoms with Crippen LogP contribution in [0.3, 0.4) is 0 Å². The number of hydrogen-bond acceptors (Lipinski definition) is 7. The largest absolute Gasteiger partial charge is 0.365 e. The number of carbonyl (C=O) groups excluding carboxylic acids is 1. The predicted octanol–water partition coefficient (Wildman–Crippen LogP) is 3.13. The van der Waals surface area contributed by atoms with Crippen molar-refractivity contribution in [1.29, 1.82) is 0 Å². The minimum Gasteiger partial charge on any atom is -0.365 e. The fraction of sp³-hybridized carbons (Fsp3) is 0.682. The number of rotatable bonds is 9. The number of ether oxygens (including phenoxy) is 1. The third-order valence-electron chi connectivity index (χ3n) is 5.66. The second kappa shape index (κ2) is 12.0. The Morgan fingerprint density at radius 3 is 2.73 bits per heavy atom. The van der Waals surface area contributed by atoms with E-state index in [9.17, 15) is 4.79 Å². The maximum Gasteiger partial charge on any atom is 0.267 e. The molecule has 2 N–H and O–H groups in total. The molecule has 3 rings (SSSR count).